The van der Waals surface area contributed by atoms with Gasteiger partial charge in [0.25, 0.3) is 0 Å². The van der Waals surface area contributed by atoms with Gasteiger partial charge in [-0.1, -0.05) is 6.04 Å². The first-order chi connectivity index (χ1) is 7.90. The molecule has 0 aromatic heterocycles. The molecule has 0 atom stereocenters. The summed E-state index contributed by atoms with van der Waals surface area (Å²) < 4.78 is 51.7. The molecule has 5 nitrogen and oxygen atoms in total. The van der Waals surface area contributed by atoms with E-state index >= 15 is 0 Å². The Kier molecular flexibility index (Phi) is 4.52. The zero-order valence-electron chi connectivity index (χ0n) is 8.55. The summed E-state index contributed by atoms with van der Waals surface area (Å²) in [6.45, 7) is -1.33. The van der Waals surface area contributed by atoms with Crippen LogP contribution in [0.15, 0.2) is 23.1 Å². The van der Waals surface area contributed by atoms with Crippen LogP contribution in [0.1, 0.15) is 0 Å². The van der Waals surface area contributed by atoms with Gasteiger partial charge >= 0.3 is 0 Å². The summed E-state index contributed by atoms with van der Waals surface area (Å²) >= 11 is 0. The van der Waals surface area contributed by atoms with Crippen molar-refractivity contribution in [2.45, 2.75) is 10.9 Å². The molecule has 0 radical (unpaired) electrons. The first kappa shape index (κ1) is 14.0. The lowest BCUT2D eigenvalue weighted by Crippen LogP contribution is -2.20. The largest absolute Gasteiger partial charge is 0.538 e. The molecule has 0 saturated heterocycles. The van der Waals surface area contributed by atoms with Gasteiger partial charge in [-0.15, -0.1) is 0 Å². The Balaban J connectivity index is 3.01. The van der Waals surface area contributed by atoms with E-state index in [-0.39, 0.29) is 0 Å². The average Bonchev–Trinajstić information content (AvgIpc) is 2.29. The number of sulfonamides is 1. The molecule has 0 unspecified atom stereocenters. The molecule has 0 aliphatic heterocycles. The van der Waals surface area contributed by atoms with Gasteiger partial charge in [0, 0.05) is 13.2 Å². The van der Waals surface area contributed by atoms with Crippen molar-refractivity contribution in [3.63, 3.8) is 0 Å². The highest BCUT2D eigenvalue weighted by Crippen LogP contribution is 2.21. The molecule has 1 aromatic carbocycles. The van der Waals surface area contributed by atoms with E-state index in [1.807, 2.05) is 0 Å². The molecule has 2 N–H and O–H groups in total. The van der Waals surface area contributed by atoms with Crippen LogP contribution in [0.2, 0.25) is 0 Å². The first-order valence-electron chi connectivity index (χ1n) is 4.54. The van der Waals surface area contributed by atoms with Crippen molar-refractivity contribution in [2.75, 3.05) is 13.2 Å². The fourth-order valence-electron chi connectivity index (χ4n) is 1.02. The van der Waals surface area contributed by atoms with Gasteiger partial charge in [-0.2, -0.15) is 0 Å². The van der Waals surface area contributed by atoms with Crippen molar-refractivity contribution in [1.82, 2.24) is 0 Å². The summed E-state index contributed by atoms with van der Waals surface area (Å²) in [5.74, 6) is -2.49. The maximum Gasteiger partial charge on any atom is 0.160 e. The number of rotatable bonds is 5. The highest BCUT2D eigenvalue weighted by molar-refractivity contribution is 7.94. The van der Waals surface area contributed by atoms with Crippen LogP contribution in [0.5, 0.6) is 0 Å². The summed E-state index contributed by atoms with van der Waals surface area (Å²) in [5, 5.41) is 17.4. The van der Waals surface area contributed by atoms with Gasteiger partial charge in [-0.3, -0.25) is 0 Å². The molecule has 1 aromatic rings. The third-order valence-corrected chi connectivity index (χ3v) is 3.32. The molecule has 0 fully saturated rings. The van der Waals surface area contributed by atoms with Crippen LogP contribution < -0.4 is 0 Å². The molecule has 0 saturated carbocycles. The quantitative estimate of drug-likeness (QED) is 0.806. The highest BCUT2D eigenvalue weighted by Gasteiger charge is 2.11. The third-order valence-electron chi connectivity index (χ3n) is 1.90. The Labute approximate surface area is 96.8 Å². The number of hydrogen-bond donors (Lipinski definition) is 2. The molecule has 0 spiro atoms. The average molecular weight is 266 g/mol. The van der Waals surface area contributed by atoms with Crippen LogP contribution in [0.25, 0.3) is 4.72 Å². The molecule has 8 heteroatoms. The van der Waals surface area contributed by atoms with Crippen LogP contribution in [0, 0.1) is 11.6 Å². The van der Waals surface area contributed by atoms with Crippen LogP contribution in [0.3, 0.4) is 0 Å². The molecule has 0 amide bonds. The maximum atomic E-state index is 12.8. The Morgan fingerprint density at radius 3 is 2.24 bits per heavy atom. The standard InChI is InChI=1S/C9H10F2NO4S/c10-8-2-1-7(3-9(8)11)17(15,16)12-6(4-13)5-14/h1-3,6,13-14H,4-5H2/q-1. The number of hydrogen-bond acceptors (Lipinski definition) is 4. The molecule has 1 rings (SSSR count). The second kappa shape index (κ2) is 5.50. The van der Waals surface area contributed by atoms with Crippen molar-refractivity contribution in [3.8, 4) is 0 Å². The summed E-state index contributed by atoms with van der Waals surface area (Å²) in [4.78, 5) is -0.539. The zero-order chi connectivity index (χ0) is 13.1. The summed E-state index contributed by atoms with van der Waals surface area (Å²) in [6.07, 6.45) is 0. The highest BCUT2D eigenvalue weighted by atomic mass is 32.2. The number of aliphatic hydroxyl groups excluding tert-OH is 2. The minimum Gasteiger partial charge on any atom is -0.538 e. The molecular formula is C9H10F2NO4S-. The Hall–Kier alpha value is -1.09. The predicted molar refractivity (Wildman–Crippen MR) is 54.9 cm³/mol. The van der Waals surface area contributed by atoms with Gasteiger partial charge in [0.15, 0.2) is 11.6 Å². The van der Waals surface area contributed by atoms with E-state index in [1.54, 1.807) is 0 Å². The minimum absolute atomic E-state index is 0.486. The number of aliphatic hydroxyl groups is 2. The Morgan fingerprint density at radius 1 is 1.18 bits per heavy atom. The minimum atomic E-state index is -4.22. The summed E-state index contributed by atoms with van der Waals surface area (Å²) in [7, 11) is -4.22. The van der Waals surface area contributed by atoms with E-state index in [0.29, 0.717) is 12.1 Å². The van der Waals surface area contributed by atoms with E-state index in [4.69, 9.17) is 10.2 Å². The Bertz CT molecular complexity index is 488. The molecule has 17 heavy (non-hydrogen) atoms. The topological polar surface area (TPSA) is 88.7 Å². The zero-order valence-corrected chi connectivity index (χ0v) is 9.36. The van der Waals surface area contributed by atoms with Crippen molar-refractivity contribution in [1.29, 1.82) is 0 Å². The molecule has 0 aliphatic rings. The van der Waals surface area contributed by atoms with Crippen LogP contribution in [-0.4, -0.2) is 37.9 Å². The fraction of sp³-hybridized carbons (Fsp3) is 0.333. The second-order valence-electron chi connectivity index (χ2n) is 3.18. The van der Waals surface area contributed by atoms with E-state index < -0.39 is 45.8 Å². The monoisotopic (exact) mass is 266 g/mol. The van der Waals surface area contributed by atoms with E-state index in [1.165, 1.54) is 0 Å². The van der Waals surface area contributed by atoms with Gasteiger partial charge in [0.2, 0.25) is 0 Å². The summed E-state index contributed by atoms with van der Waals surface area (Å²) in [6, 6.07) is 0.779. The molecule has 96 valence electrons. The lowest BCUT2D eigenvalue weighted by atomic mass is 10.3. The van der Waals surface area contributed by atoms with Crippen molar-refractivity contribution < 1.29 is 27.4 Å². The van der Waals surface area contributed by atoms with Crippen molar-refractivity contribution >= 4 is 10.0 Å². The lowest BCUT2D eigenvalue weighted by molar-refractivity contribution is 0.210. The normalized spacial score (nSPS) is 12.1. The van der Waals surface area contributed by atoms with Gasteiger partial charge in [-0.25, -0.2) is 17.2 Å². The van der Waals surface area contributed by atoms with E-state index in [0.717, 1.165) is 6.07 Å². The number of nitrogens with zero attached hydrogens (tertiary/aromatic N) is 1. The predicted octanol–water partition coefficient (Wildman–Crippen LogP) is 0.380. The molecule has 0 bridgehead atoms. The van der Waals surface area contributed by atoms with Crippen molar-refractivity contribution in [3.05, 3.63) is 34.6 Å². The molecule has 0 aliphatic carbocycles. The van der Waals surface area contributed by atoms with Crippen LogP contribution >= 0.6 is 0 Å². The first-order valence-corrected chi connectivity index (χ1v) is 5.98. The van der Waals surface area contributed by atoms with Gasteiger partial charge in [-0.05, 0) is 18.2 Å². The summed E-state index contributed by atoms with van der Waals surface area (Å²) in [5.41, 5.74) is 0. The SMILES string of the molecule is O=S(=O)([N-]C(CO)CO)c1ccc(F)c(F)c1. The number of benzene rings is 1. The smallest absolute Gasteiger partial charge is 0.160 e. The van der Waals surface area contributed by atoms with Crippen LogP contribution in [0.4, 0.5) is 8.78 Å². The van der Waals surface area contributed by atoms with E-state index in [2.05, 4.69) is 4.72 Å². The van der Waals surface area contributed by atoms with Gasteiger partial charge in [0.05, 0.1) is 4.90 Å². The van der Waals surface area contributed by atoms with Crippen LogP contribution in [-0.2, 0) is 10.0 Å². The van der Waals surface area contributed by atoms with Gasteiger partial charge in [0.1, 0.15) is 10.0 Å². The third kappa shape index (κ3) is 3.43. The Morgan fingerprint density at radius 2 is 1.76 bits per heavy atom. The molecule has 0 heterocycles. The maximum absolute atomic E-state index is 12.8. The second-order valence-corrected chi connectivity index (χ2v) is 4.81. The lowest BCUT2D eigenvalue weighted by Gasteiger charge is -2.27. The number of halogens is 2. The van der Waals surface area contributed by atoms with E-state index in [9.17, 15) is 17.2 Å². The van der Waals surface area contributed by atoms with Crippen molar-refractivity contribution in [2.24, 2.45) is 0 Å². The fourth-order valence-corrected chi connectivity index (χ4v) is 2.16. The molecular weight excluding hydrogens is 256 g/mol. The van der Waals surface area contributed by atoms with Gasteiger partial charge < -0.3 is 14.9 Å².